The average molecular weight is 389 g/mol. The van der Waals surface area contributed by atoms with Crippen LogP contribution in [0.5, 0.6) is 5.75 Å². The van der Waals surface area contributed by atoms with E-state index >= 15 is 0 Å². The molecule has 0 radical (unpaired) electrons. The van der Waals surface area contributed by atoms with Crippen molar-refractivity contribution in [3.63, 3.8) is 0 Å². The Kier molecular flexibility index (Phi) is 5.08. The number of nitrogens with one attached hydrogen (secondary N) is 1. The van der Waals surface area contributed by atoms with Crippen molar-refractivity contribution in [3.8, 4) is 5.75 Å². The van der Waals surface area contributed by atoms with Crippen molar-refractivity contribution in [2.24, 2.45) is 0 Å². The molecule has 0 unspecified atom stereocenters. The molecule has 2 aromatic heterocycles. The van der Waals surface area contributed by atoms with Crippen LogP contribution in [-0.4, -0.2) is 22.8 Å². The topological polar surface area (TPSA) is 69.3 Å². The summed E-state index contributed by atoms with van der Waals surface area (Å²) in [4.78, 5) is 12.9. The molecule has 0 atom stereocenters. The number of hydrogen-bond acceptors (Lipinski definition) is 4. The second kappa shape index (κ2) is 7.83. The number of amides is 1. The van der Waals surface area contributed by atoms with Crippen molar-refractivity contribution < 1.29 is 13.9 Å². The van der Waals surface area contributed by atoms with Gasteiger partial charge in [0.25, 0.3) is 5.91 Å². The first-order valence-electron chi connectivity index (χ1n) is 9.57. The first kappa shape index (κ1) is 18.8. The number of aromatic nitrogens is 2. The summed E-state index contributed by atoms with van der Waals surface area (Å²) in [7, 11) is 1.64. The van der Waals surface area contributed by atoms with Crippen LogP contribution in [0.15, 0.2) is 59.1 Å². The highest BCUT2D eigenvalue weighted by atomic mass is 16.5. The molecule has 6 heteroatoms. The Morgan fingerprint density at radius 3 is 2.62 bits per heavy atom. The lowest BCUT2D eigenvalue weighted by atomic mass is 10.1. The molecular formula is C23H23N3O3. The third-order valence-electron chi connectivity index (χ3n) is 5.06. The van der Waals surface area contributed by atoms with Crippen LogP contribution in [0.1, 0.15) is 34.2 Å². The van der Waals surface area contributed by atoms with E-state index in [0.717, 1.165) is 34.3 Å². The molecule has 0 saturated carbocycles. The van der Waals surface area contributed by atoms with Gasteiger partial charge in [0, 0.05) is 17.0 Å². The van der Waals surface area contributed by atoms with Crippen LogP contribution in [0.25, 0.3) is 11.0 Å². The van der Waals surface area contributed by atoms with Gasteiger partial charge in [0.1, 0.15) is 17.2 Å². The molecule has 0 bridgehead atoms. The Morgan fingerprint density at radius 1 is 1.14 bits per heavy atom. The Bertz CT molecular complexity index is 1160. The number of furan rings is 1. The summed E-state index contributed by atoms with van der Waals surface area (Å²) >= 11 is 0. The molecule has 0 spiro atoms. The van der Waals surface area contributed by atoms with Crippen LogP contribution in [0.3, 0.4) is 0 Å². The third-order valence-corrected chi connectivity index (χ3v) is 5.06. The van der Waals surface area contributed by atoms with Gasteiger partial charge < -0.3 is 14.5 Å². The summed E-state index contributed by atoms with van der Waals surface area (Å²) in [6.07, 6.45) is 2.60. The second-order valence-corrected chi connectivity index (χ2v) is 6.92. The van der Waals surface area contributed by atoms with Crippen molar-refractivity contribution in [1.29, 1.82) is 0 Å². The monoisotopic (exact) mass is 389 g/mol. The molecule has 0 aliphatic carbocycles. The number of benzene rings is 2. The Hall–Kier alpha value is -3.54. The largest absolute Gasteiger partial charge is 0.497 e. The molecule has 148 valence electrons. The molecule has 1 amide bonds. The van der Waals surface area contributed by atoms with E-state index in [-0.39, 0.29) is 5.91 Å². The zero-order valence-corrected chi connectivity index (χ0v) is 16.7. The van der Waals surface area contributed by atoms with Gasteiger partial charge in [0.15, 0.2) is 5.76 Å². The first-order chi connectivity index (χ1) is 14.1. The van der Waals surface area contributed by atoms with E-state index in [0.29, 0.717) is 18.1 Å². The van der Waals surface area contributed by atoms with E-state index in [4.69, 9.17) is 9.15 Å². The molecule has 1 N–H and O–H groups in total. The van der Waals surface area contributed by atoms with Gasteiger partial charge in [-0.05, 0) is 48.7 Å². The zero-order valence-electron chi connectivity index (χ0n) is 16.7. The quantitative estimate of drug-likeness (QED) is 0.514. The van der Waals surface area contributed by atoms with Gasteiger partial charge in [-0.25, -0.2) is 4.68 Å². The van der Waals surface area contributed by atoms with Gasteiger partial charge in [-0.2, -0.15) is 5.10 Å². The number of carbonyl (C=O) groups excluding carboxylic acids is 1. The van der Waals surface area contributed by atoms with Crippen molar-refractivity contribution in [3.05, 3.63) is 77.2 Å². The lowest BCUT2D eigenvalue weighted by molar-refractivity contribution is 0.0997. The fourth-order valence-electron chi connectivity index (χ4n) is 3.35. The fourth-order valence-corrected chi connectivity index (χ4v) is 3.35. The summed E-state index contributed by atoms with van der Waals surface area (Å²) in [6.45, 7) is 4.55. The fraction of sp³-hybridized carbons (Fsp3) is 0.217. The third kappa shape index (κ3) is 3.74. The molecule has 0 aliphatic rings. The van der Waals surface area contributed by atoms with Crippen LogP contribution in [0.2, 0.25) is 0 Å². The average Bonchev–Trinajstić information content (AvgIpc) is 3.32. The van der Waals surface area contributed by atoms with E-state index in [2.05, 4.69) is 23.4 Å². The van der Waals surface area contributed by atoms with E-state index in [1.54, 1.807) is 24.1 Å². The summed E-state index contributed by atoms with van der Waals surface area (Å²) < 4.78 is 12.8. The predicted molar refractivity (Wildman–Crippen MR) is 113 cm³/mol. The highest BCUT2D eigenvalue weighted by molar-refractivity contribution is 6.06. The van der Waals surface area contributed by atoms with Gasteiger partial charge in [-0.15, -0.1) is 0 Å². The molecule has 2 heterocycles. The molecule has 2 aromatic carbocycles. The van der Waals surface area contributed by atoms with Crippen molar-refractivity contribution in [1.82, 2.24) is 9.78 Å². The molecule has 4 rings (SSSR count). The number of anilines is 1. The van der Waals surface area contributed by atoms with Crippen LogP contribution < -0.4 is 10.1 Å². The molecule has 29 heavy (non-hydrogen) atoms. The number of nitrogens with zero attached hydrogens (tertiary/aromatic N) is 2. The van der Waals surface area contributed by atoms with Crippen molar-refractivity contribution in [2.75, 3.05) is 12.4 Å². The molecular weight excluding hydrogens is 366 g/mol. The van der Waals surface area contributed by atoms with Crippen LogP contribution in [0.4, 0.5) is 5.82 Å². The standard InChI is InChI=1S/C23H23N3O3/c1-4-16-7-10-20-19(13-16)15(2)22(29-20)23(27)25-21-11-12-24-26(21)14-17-5-8-18(28-3)9-6-17/h5-13H,4,14H2,1-3H3,(H,25,27). The lowest BCUT2D eigenvalue weighted by Crippen LogP contribution is -2.16. The minimum atomic E-state index is -0.284. The smallest absolute Gasteiger partial charge is 0.292 e. The highest BCUT2D eigenvalue weighted by Gasteiger charge is 2.19. The Labute approximate surface area is 169 Å². The van der Waals surface area contributed by atoms with Crippen LogP contribution in [0, 0.1) is 6.92 Å². The molecule has 0 fully saturated rings. The van der Waals surface area contributed by atoms with Gasteiger partial charge in [-0.3, -0.25) is 4.79 Å². The lowest BCUT2D eigenvalue weighted by Gasteiger charge is -2.09. The SMILES string of the molecule is CCc1ccc2oc(C(=O)Nc3ccnn3Cc3ccc(OC)cc3)c(C)c2c1. The number of hydrogen-bond donors (Lipinski definition) is 1. The van der Waals surface area contributed by atoms with Gasteiger partial charge in [0.2, 0.25) is 0 Å². The summed E-state index contributed by atoms with van der Waals surface area (Å²) in [5.74, 6) is 1.45. The van der Waals surface area contributed by atoms with E-state index in [1.165, 1.54) is 5.56 Å². The van der Waals surface area contributed by atoms with Gasteiger partial charge in [-0.1, -0.05) is 25.1 Å². The van der Waals surface area contributed by atoms with Crippen LogP contribution in [-0.2, 0) is 13.0 Å². The van der Waals surface area contributed by atoms with E-state index in [1.807, 2.05) is 43.3 Å². The van der Waals surface area contributed by atoms with Crippen molar-refractivity contribution >= 4 is 22.7 Å². The van der Waals surface area contributed by atoms with Crippen molar-refractivity contribution in [2.45, 2.75) is 26.8 Å². The van der Waals surface area contributed by atoms with E-state index < -0.39 is 0 Å². The maximum Gasteiger partial charge on any atom is 0.292 e. The second-order valence-electron chi connectivity index (χ2n) is 6.92. The number of rotatable bonds is 6. The predicted octanol–water partition coefficient (Wildman–Crippen LogP) is 4.81. The summed E-state index contributed by atoms with van der Waals surface area (Å²) in [5, 5.41) is 8.23. The maximum absolute atomic E-state index is 12.9. The Balaban J connectivity index is 1.55. The summed E-state index contributed by atoms with van der Waals surface area (Å²) in [6, 6.07) is 15.6. The number of ether oxygens (including phenoxy) is 1. The molecule has 0 aliphatic heterocycles. The molecule has 6 nitrogen and oxygen atoms in total. The molecule has 0 saturated heterocycles. The number of methoxy groups -OCH3 is 1. The number of carbonyl (C=O) groups is 1. The minimum Gasteiger partial charge on any atom is -0.497 e. The minimum absolute atomic E-state index is 0.284. The normalized spacial score (nSPS) is 11.0. The van der Waals surface area contributed by atoms with Gasteiger partial charge >= 0.3 is 0 Å². The number of fused-ring (bicyclic) bond motifs is 1. The molecule has 4 aromatic rings. The zero-order chi connectivity index (χ0) is 20.4. The van der Waals surface area contributed by atoms with Gasteiger partial charge in [0.05, 0.1) is 19.9 Å². The van der Waals surface area contributed by atoms with E-state index in [9.17, 15) is 4.79 Å². The summed E-state index contributed by atoms with van der Waals surface area (Å²) in [5.41, 5.74) is 3.83. The van der Waals surface area contributed by atoms with Crippen LogP contribution >= 0.6 is 0 Å². The highest BCUT2D eigenvalue weighted by Crippen LogP contribution is 2.27. The number of aryl methyl sites for hydroxylation is 2. The first-order valence-corrected chi connectivity index (χ1v) is 9.57. The maximum atomic E-state index is 12.9. The Morgan fingerprint density at radius 2 is 1.90 bits per heavy atom.